The van der Waals surface area contributed by atoms with Gasteiger partial charge in [-0.2, -0.15) is 0 Å². The fourth-order valence-corrected chi connectivity index (χ4v) is 4.38. The molecule has 1 heterocycles. The summed E-state index contributed by atoms with van der Waals surface area (Å²) in [5.74, 6) is -0.503. The maximum absolute atomic E-state index is 14.2. The number of ketones is 1. The number of likely N-dealkylation sites (tertiary alicyclic amines) is 1. The van der Waals surface area contributed by atoms with Crippen LogP contribution in [0.5, 0.6) is 5.75 Å². The average molecular weight is 400 g/mol. The van der Waals surface area contributed by atoms with Crippen LogP contribution in [0, 0.1) is 18.7 Å². The number of phenolic OH excluding ortho intramolecular Hbond substituents is 1. The van der Waals surface area contributed by atoms with Crippen LogP contribution in [-0.2, 0) is 0 Å². The molecule has 3 rings (SSSR count). The molecule has 2 atom stereocenters. The summed E-state index contributed by atoms with van der Waals surface area (Å²) in [6.45, 7) is 4.36. The van der Waals surface area contributed by atoms with Gasteiger partial charge in [-0.05, 0) is 80.9 Å². The topological polar surface area (TPSA) is 60.8 Å². The zero-order valence-corrected chi connectivity index (χ0v) is 17.0. The number of piperidine rings is 1. The highest BCUT2D eigenvalue weighted by Gasteiger charge is 2.36. The minimum absolute atomic E-state index is 0.00498. The Balaban J connectivity index is 1.85. The van der Waals surface area contributed by atoms with Gasteiger partial charge in [0.1, 0.15) is 11.6 Å². The summed E-state index contributed by atoms with van der Waals surface area (Å²) < 4.78 is 14.2. The predicted octanol–water partition coefficient (Wildman–Crippen LogP) is 4.29. The van der Waals surface area contributed by atoms with Crippen LogP contribution >= 0.6 is 0 Å². The van der Waals surface area contributed by atoms with Crippen molar-refractivity contribution in [2.75, 3.05) is 26.2 Å². The lowest BCUT2D eigenvalue weighted by molar-refractivity contribution is 0.0775. The molecular formula is C24H30FNO3. The Morgan fingerprint density at radius 1 is 1.17 bits per heavy atom. The van der Waals surface area contributed by atoms with Gasteiger partial charge in [-0.25, -0.2) is 4.39 Å². The number of carbonyl (C=O) groups excluding carboxylic acids is 1. The first-order valence-corrected chi connectivity index (χ1v) is 10.4. The number of aliphatic hydroxyl groups excluding tert-OH is 1. The smallest absolute Gasteiger partial charge is 0.167 e. The van der Waals surface area contributed by atoms with E-state index in [0.29, 0.717) is 17.7 Å². The molecule has 0 bridgehead atoms. The van der Waals surface area contributed by atoms with Crippen molar-refractivity contribution in [3.8, 4) is 5.75 Å². The standard InChI is InChI=1S/C24H30FNO3/c1-17-20(9-6-10-23(17)25)21-11-13-26(12-3-2-4-14-27)16-22(21)24(29)18-7-5-8-19(28)15-18/h5-10,15,21-22,27-28H,2-4,11-14,16H2,1H3/t21-,22+/m1/s1. The van der Waals surface area contributed by atoms with E-state index < -0.39 is 0 Å². The molecule has 1 aliphatic heterocycles. The molecule has 29 heavy (non-hydrogen) atoms. The number of aliphatic hydroxyl groups is 1. The Hall–Kier alpha value is -2.24. The molecule has 0 aromatic heterocycles. The van der Waals surface area contributed by atoms with Gasteiger partial charge in [0.05, 0.1) is 0 Å². The summed E-state index contributed by atoms with van der Waals surface area (Å²) in [7, 11) is 0. The third-order valence-corrected chi connectivity index (χ3v) is 6.01. The predicted molar refractivity (Wildman–Crippen MR) is 112 cm³/mol. The van der Waals surface area contributed by atoms with Crippen molar-refractivity contribution in [3.63, 3.8) is 0 Å². The van der Waals surface area contributed by atoms with E-state index in [1.54, 1.807) is 31.2 Å². The van der Waals surface area contributed by atoms with E-state index in [-0.39, 0.29) is 35.8 Å². The number of Topliss-reactive ketones (excluding diaryl/α,β-unsaturated/α-hetero) is 1. The lowest BCUT2D eigenvalue weighted by Crippen LogP contribution is -2.43. The molecule has 0 radical (unpaired) electrons. The van der Waals surface area contributed by atoms with Gasteiger partial charge in [0, 0.05) is 24.6 Å². The highest BCUT2D eigenvalue weighted by molar-refractivity contribution is 5.99. The third-order valence-electron chi connectivity index (χ3n) is 6.01. The van der Waals surface area contributed by atoms with Gasteiger partial charge in [0.25, 0.3) is 0 Å². The van der Waals surface area contributed by atoms with Crippen LogP contribution in [0.2, 0.25) is 0 Å². The first kappa shape index (κ1) is 21.5. The van der Waals surface area contributed by atoms with E-state index in [2.05, 4.69) is 4.90 Å². The SMILES string of the molecule is Cc1c(F)cccc1[C@H]1CCN(CCCCCO)C[C@@H]1C(=O)c1cccc(O)c1. The second-order valence-electron chi connectivity index (χ2n) is 7.96. The summed E-state index contributed by atoms with van der Waals surface area (Å²) in [6, 6.07) is 11.6. The maximum Gasteiger partial charge on any atom is 0.167 e. The van der Waals surface area contributed by atoms with E-state index >= 15 is 0 Å². The molecule has 0 amide bonds. The van der Waals surface area contributed by atoms with Gasteiger partial charge in [-0.3, -0.25) is 4.79 Å². The van der Waals surface area contributed by atoms with Crippen molar-refractivity contribution in [2.24, 2.45) is 5.92 Å². The van der Waals surface area contributed by atoms with Crippen molar-refractivity contribution < 1.29 is 19.4 Å². The zero-order chi connectivity index (χ0) is 20.8. The van der Waals surface area contributed by atoms with E-state index in [1.807, 2.05) is 6.07 Å². The number of hydrogen-bond acceptors (Lipinski definition) is 4. The van der Waals surface area contributed by atoms with E-state index in [0.717, 1.165) is 44.3 Å². The van der Waals surface area contributed by atoms with Crippen LogP contribution in [0.4, 0.5) is 4.39 Å². The first-order valence-electron chi connectivity index (χ1n) is 10.4. The van der Waals surface area contributed by atoms with E-state index in [4.69, 9.17) is 5.11 Å². The molecule has 0 aliphatic carbocycles. The second-order valence-corrected chi connectivity index (χ2v) is 7.96. The highest BCUT2D eigenvalue weighted by atomic mass is 19.1. The van der Waals surface area contributed by atoms with Crippen LogP contribution in [0.1, 0.15) is 53.1 Å². The van der Waals surface area contributed by atoms with Crippen LogP contribution in [0.15, 0.2) is 42.5 Å². The van der Waals surface area contributed by atoms with Crippen molar-refractivity contribution >= 4 is 5.78 Å². The average Bonchev–Trinajstić information content (AvgIpc) is 2.73. The van der Waals surface area contributed by atoms with Gasteiger partial charge >= 0.3 is 0 Å². The fraction of sp³-hybridized carbons (Fsp3) is 0.458. The van der Waals surface area contributed by atoms with Gasteiger partial charge in [0.2, 0.25) is 0 Å². The fourth-order valence-electron chi connectivity index (χ4n) is 4.38. The maximum atomic E-state index is 14.2. The number of hydrogen-bond donors (Lipinski definition) is 2. The third kappa shape index (κ3) is 5.22. The number of rotatable bonds is 8. The van der Waals surface area contributed by atoms with E-state index in [9.17, 15) is 14.3 Å². The second kappa shape index (κ2) is 9.99. The number of aromatic hydroxyl groups is 1. The van der Waals surface area contributed by atoms with Gasteiger partial charge in [0.15, 0.2) is 5.78 Å². The summed E-state index contributed by atoms with van der Waals surface area (Å²) in [5, 5.41) is 18.8. The monoisotopic (exact) mass is 399 g/mol. The van der Waals surface area contributed by atoms with Crippen molar-refractivity contribution in [1.29, 1.82) is 0 Å². The normalized spacial score (nSPS) is 20.0. The number of unbranched alkanes of at least 4 members (excludes halogenated alkanes) is 2. The van der Waals surface area contributed by atoms with Crippen LogP contribution in [-0.4, -0.2) is 47.1 Å². The summed E-state index contributed by atoms with van der Waals surface area (Å²) in [6.07, 6.45) is 3.53. The number of carbonyl (C=O) groups is 1. The van der Waals surface area contributed by atoms with Gasteiger partial charge < -0.3 is 15.1 Å². The summed E-state index contributed by atoms with van der Waals surface area (Å²) in [5.41, 5.74) is 2.02. The minimum Gasteiger partial charge on any atom is -0.508 e. The quantitative estimate of drug-likeness (QED) is 0.514. The lowest BCUT2D eigenvalue weighted by atomic mass is 9.75. The molecule has 156 valence electrons. The van der Waals surface area contributed by atoms with E-state index in [1.165, 1.54) is 12.1 Å². The Kier molecular flexibility index (Phi) is 7.40. The first-order chi connectivity index (χ1) is 14.0. The Labute approximate surface area is 172 Å². The number of halogens is 1. The van der Waals surface area contributed by atoms with Crippen molar-refractivity contribution in [1.82, 2.24) is 4.90 Å². The summed E-state index contributed by atoms with van der Waals surface area (Å²) in [4.78, 5) is 15.7. The zero-order valence-electron chi connectivity index (χ0n) is 17.0. The largest absolute Gasteiger partial charge is 0.508 e. The molecule has 0 unspecified atom stereocenters. The molecule has 1 fully saturated rings. The van der Waals surface area contributed by atoms with Crippen LogP contribution < -0.4 is 0 Å². The summed E-state index contributed by atoms with van der Waals surface area (Å²) >= 11 is 0. The number of benzene rings is 2. The molecule has 1 saturated heterocycles. The molecule has 2 N–H and O–H groups in total. The van der Waals surface area contributed by atoms with Crippen molar-refractivity contribution in [2.45, 2.75) is 38.5 Å². The van der Waals surface area contributed by atoms with Gasteiger partial charge in [-0.1, -0.05) is 24.3 Å². The van der Waals surface area contributed by atoms with Crippen LogP contribution in [0.25, 0.3) is 0 Å². The lowest BCUT2D eigenvalue weighted by Gasteiger charge is -2.39. The molecular weight excluding hydrogens is 369 g/mol. The Morgan fingerprint density at radius 3 is 2.72 bits per heavy atom. The number of phenols is 1. The van der Waals surface area contributed by atoms with Crippen LogP contribution in [0.3, 0.4) is 0 Å². The van der Waals surface area contributed by atoms with Gasteiger partial charge in [-0.15, -0.1) is 0 Å². The highest BCUT2D eigenvalue weighted by Crippen LogP contribution is 2.37. The Morgan fingerprint density at radius 2 is 1.97 bits per heavy atom. The molecule has 4 nitrogen and oxygen atoms in total. The minimum atomic E-state index is -0.288. The molecule has 0 saturated carbocycles. The molecule has 0 spiro atoms. The molecule has 1 aliphatic rings. The Bertz CT molecular complexity index is 839. The molecule has 2 aromatic carbocycles. The van der Waals surface area contributed by atoms with Crippen molar-refractivity contribution in [3.05, 3.63) is 65.0 Å². The number of nitrogens with zero attached hydrogens (tertiary/aromatic N) is 1. The molecule has 2 aromatic rings. The molecule has 5 heteroatoms.